The minimum Gasteiger partial charge on any atom is -0.507 e. The second-order valence-corrected chi connectivity index (χ2v) is 7.44. The maximum absolute atomic E-state index is 12.9. The first kappa shape index (κ1) is 18.7. The Kier molecular flexibility index (Phi) is 5.20. The van der Waals surface area contributed by atoms with Crippen LogP contribution in [-0.2, 0) is 14.3 Å². The van der Waals surface area contributed by atoms with Crippen LogP contribution in [0.4, 0.5) is 0 Å². The number of benzene rings is 2. The number of carbonyl (C=O) groups is 2. The summed E-state index contributed by atoms with van der Waals surface area (Å²) in [5.74, 6) is -1.50. The third-order valence-electron chi connectivity index (χ3n) is 5.18. The molecule has 0 saturated carbocycles. The fourth-order valence-corrected chi connectivity index (χ4v) is 4.05. The van der Waals surface area contributed by atoms with E-state index in [-0.39, 0.29) is 17.4 Å². The van der Waals surface area contributed by atoms with E-state index in [1.54, 1.807) is 42.5 Å². The SMILES string of the molecule is O=C1C(=O)N(CC2CCCO2)C(c2cccc(Cl)c2)/C1=C(\O)c1ccccc1. The molecule has 1 N–H and O–H groups in total. The molecule has 2 aromatic rings. The van der Waals surface area contributed by atoms with E-state index in [1.165, 1.54) is 4.90 Å². The molecule has 28 heavy (non-hydrogen) atoms. The number of rotatable bonds is 4. The van der Waals surface area contributed by atoms with Gasteiger partial charge in [0.1, 0.15) is 5.76 Å². The van der Waals surface area contributed by atoms with E-state index in [9.17, 15) is 14.7 Å². The average molecular weight is 398 g/mol. The van der Waals surface area contributed by atoms with E-state index in [2.05, 4.69) is 0 Å². The molecular weight excluding hydrogens is 378 g/mol. The van der Waals surface area contributed by atoms with Crippen LogP contribution in [0.1, 0.15) is 30.0 Å². The Morgan fingerprint density at radius 2 is 1.93 bits per heavy atom. The van der Waals surface area contributed by atoms with Crippen LogP contribution in [0.3, 0.4) is 0 Å². The number of halogens is 1. The van der Waals surface area contributed by atoms with E-state index in [4.69, 9.17) is 16.3 Å². The molecule has 2 aromatic carbocycles. The highest BCUT2D eigenvalue weighted by Crippen LogP contribution is 2.40. The van der Waals surface area contributed by atoms with E-state index in [0.717, 1.165) is 12.8 Å². The molecule has 2 aliphatic rings. The minimum atomic E-state index is -0.705. The third kappa shape index (κ3) is 3.43. The largest absolute Gasteiger partial charge is 0.507 e. The lowest BCUT2D eigenvalue weighted by Gasteiger charge is -2.27. The molecule has 0 radical (unpaired) electrons. The van der Waals surface area contributed by atoms with Crippen molar-refractivity contribution in [2.45, 2.75) is 25.0 Å². The fraction of sp³-hybridized carbons (Fsp3) is 0.273. The Morgan fingerprint density at radius 1 is 1.14 bits per heavy atom. The summed E-state index contributed by atoms with van der Waals surface area (Å²) in [4.78, 5) is 27.2. The summed E-state index contributed by atoms with van der Waals surface area (Å²) < 4.78 is 5.68. The number of hydrogen-bond donors (Lipinski definition) is 1. The van der Waals surface area contributed by atoms with Gasteiger partial charge in [-0.1, -0.05) is 54.1 Å². The molecule has 2 heterocycles. The smallest absolute Gasteiger partial charge is 0.295 e. The highest BCUT2D eigenvalue weighted by Gasteiger charge is 2.47. The number of carbonyl (C=O) groups excluding carboxylic acids is 2. The van der Waals surface area contributed by atoms with Crippen molar-refractivity contribution in [3.05, 3.63) is 76.3 Å². The molecule has 0 bridgehead atoms. The number of ether oxygens (including phenoxy) is 1. The number of amides is 1. The number of likely N-dealkylation sites (tertiary alicyclic amines) is 1. The van der Waals surface area contributed by atoms with Crippen LogP contribution < -0.4 is 0 Å². The number of hydrogen-bond acceptors (Lipinski definition) is 4. The van der Waals surface area contributed by atoms with Crippen molar-refractivity contribution >= 4 is 29.1 Å². The normalized spacial score (nSPS) is 24.1. The predicted octanol–water partition coefficient (Wildman–Crippen LogP) is 3.94. The van der Waals surface area contributed by atoms with Crippen LogP contribution in [0, 0.1) is 0 Å². The van der Waals surface area contributed by atoms with Gasteiger partial charge in [-0.15, -0.1) is 0 Å². The molecule has 0 spiro atoms. The molecule has 2 aliphatic heterocycles. The lowest BCUT2D eigenvalue weighted by molar-refractivity contribution is -0.140. The van der Waals surface area contributed by atoms with Crippen LogP contribution in [0.2, 0.25) is 5.02 Å². The van der Waals surface area contributed by atoms with Crippen LogP contribution in [0.15, 0.2) is 60.2 Å². The summed E-state index contributed by atoms with van der Waals surface area (Å²) in [7, 11) is 0. The van der Waals surface area contributed by atoms with Crippen molar-refractivity contribution in [3.63, 3.8) is 0 Å². The second-order valence-electron chi connectivity index (χ2n) is 7.01. The van der Waals surface area contributed by atoms with Gasteiger partial charge in [-0.3, -0.25) is 9.59 Å². The lowest BCUT2D eigenvalue weighted by atomic mass is 9.95. The van der Waals surface area contributed by atoms with E-state index in [1.807, 2.05) is 12.1 Å². The lowest BCUT2D eigenvalue weighted by Crippen LogP contribution is -2.36. The van der Waals surface area contributed by atoms with Gasteiger partial charge in [-0.25, -0.2) is 0 Å². The van der Waals surface area contributed by atoms with E-state index >= 15 is 0 Å². The summed E-state index contributed by atoms with van der Waals surface area (Å²) in [5, 5.41) is 11.4. The Balaban J connectivity index is 1.83. The zero-order valence-electron chi connectivity index (χ0n) is 15.2. The molecule has 2 unspecified atom stereocenters. The van der Waals surface area contributed by atoms with Gasteiger partial charge in [0, 0.05) is 23.7 Å². The first-order chi connectivity index (χ1) is 13.6. The van der Waals surface area contributed by atoms with Crippen LogP contribution >= 0.6 is 11.6 Å². The highest BCUT2D eigenvalue weighted by atomic mass is 35.5. The van der Waals surface area contributed by atoms with Crippen molar-refractivity contribution in [1.29, 1.82) is 0 Å². The van der Waals surface area contributed by atoms with Gasteiger partial charge >= 0.3 is 0 Å². The summed E-state index contributed by atoms with van der Waals surface area (Å²) in [5.41, 5.74) is 1.25. The van der Waals surface area contributed by atoms with Gasteiger partial charge in [0.05, 0.1) is 17.7 Å². The standard InChI is InChI=1S/C22H20ClNO4/c23-16-9-4-8-15(12-16)19-18(20(25)14-6-2-1-3-7-14)21(26)22(27)24(19)13-17-10-5-11-28-17/h1-4,6-9,12,17,19,25H,5,10-11,13H2/b20-18+. The van der Waals surface area contributed by atoms with Gasteiger partial charge in [0.2, 0.25) is 0 Å². The molecule has 2 atom stereocenters. The number of ketones is 1. The first-order valence-electron chi connectivity index (χ1n) is 9.27. The van der Waals surface area contributed by atoms with Crippen molar-refractivity contribution in [1.82, 2.24) is 4.90 Å². The Morgan fingerprint density at radius 3 is 2.61 bits per heavy atom. The van der Waals surface area contributed by atoms with Gasteiger partial charge in [0.15, 0.2) is 0 Å². The number of aliphatic hydroxyl groups is 1. The van der Waals surface area contributed by atoms with Crippen LogP contribution in [0.5, 0.6) is 0 Å². The van der Waals surface area contributed by atoms with Gasteiger partial charge in [-0.05, 0) is 30.5 Å². The van der Waals surface area contributed by atoms with Crippen molar-refractivity contribution < 1.29 is 19.4 Å². The molecular formula is C22H20ClNO4. The third-order valence-corrected chi connectivity index (χ3v) is 5.41. The van der Waals surface area contributed by atoms with Gasteiger partial charge in [-0.2, -0.15) is 0 Å². The van der Waals surface area contributed by atoms with Crippen molar-refractivity contribution in [2.75, 3.05) is 13.2 Å². The minimum absolute atomic E-state index is 0.0801. The predicted molar refractivity (Wildman–Crippen MR) is 106 cm³/mol. The molecule has 6 heteroatoms. The summed E-state index contributed by atoms with van der Waals surface area (Å²) in [6.07, 6.45) is 1.65. The highest BCUT2D eigenvalue weighted by molar-refractivity contribution is 6.46. The number of nitrogens with zero attached hydrogens (tertiary/aromatic N) is 1. The number of Topliss-reactive ketones (excluding diaryl/α,β-unsaturated/α-hetero) is 1. The monoisotopic (exact) mass is 397 g/mol. The number of aliphatic hydroxyl groups excluding tert-OH is 1. The average Bonchev–Trinajstić information content (AvgIpc) is 3.30. The fourth-order valence-electron chi connectivity index (χ4n) is 3.85. The van der Waals surface area contributed by atoms with Crippen molar-refractivity contribution in [2.24, 2.45) is 0 Å². The van der Waals surface area contributed by atoms with E-state index in [0.29, 0.717) is 29.3 Å². The van der Waals surface area contributed by atoms with Crippen molar-refractivity contribution in [3.8, 4) is 0 Å². The molecule has 5 nitrogen and oxygen atoms in total. The maximum atomic E-state index is 12.9. The molecule has 0 aliphatic carbocycles. The Hall–Kier alpha value is -2.63. The molecule has 2 fully saturated rings. The zero-order chi connectivity index (χ0) is 19.7. The quantitative estimate of drug-likeness (QED) is 0.482. The molecule has 0 aromatic heterocycles. The van der Waals surface area contributed by atoms with Gasteiger partial charge in [0.25, 0.3) is 11.7 Å². The van der Waals surface area contributed by atoms with E-state index < -0.39 is 17.7 Å². The summed E-state index contributed by atoms with van der Waals surface area (Å²) >= 11 is 6.17. The van der Waals surface area contributed by atoms with Crippen LogP contribution in [0.25, 0.3) is 5.76 Å². The molecule has 4 rings (SSSR count). The Labute approximate surface area is 168 Å². The molecule has 2 saturated heterocycles. The molecule has 1 amide bonds. The van der Waals surface area contributed by atoms with Gasteiger partial charge < -0.3 is 14.7 Å². The molecule has 144 valence electrons. The topological polar surface area (TPSA) is 66.8 Å². The van der Waals surface area contributed by atoms with Crippen LogP contribution in [-0.4, -0.2) is 41.0 Å². The Bertz CT molecular complexity index is 935. The summed E-state index contributed by atoms with van der Waals surface area (Å²) in [6, 6.07) is 15.1. The maximum Gasteiger partial charge on any atom is 0.295 e. The first-order valence-corrected chi connectivity index (χ1v) is 9.65. The summed E-state index contributed by atoms with van der Waals surface area (Å²) in [6.45, 7) is 0.952. The second kappa shape index (κ2) is 7.78. The zero-order valence-corrected chi connectivity index (χ0v) is 15.9.